The van der Waals surface area contributed by atoms with Crippen molar-refractivity contribution >= 4 is 14.6 Å². The molecule has 15 heavy (non-hydrogen) atoms. The van der Waals surface area contributed by atoms with Crippen LogP contribution in [0.1, 0.15) is 13.8 Å². The molecule has 1 rings (SSSR count). The summed E-state index contributed by atoms with van der Waals surface area (Å²) in [5, 5.41) is 3.14. The number of hydrogen-bond donors (Lipinski definition) is 1. The highest BCUT2D eigenvalue weighted by atomic mass is 31.2. The van der Waals surface area contributed by atoms with Crippen LogP contribution in [0.2, 0.25) is 0 Å². The van der Waals surface area contributed by atoms with Crippen LogP contribution in [0.25, 0.3) is 0 Å². The van der Waals surface area contributed by atoms with Gasteiger partial charge in [-0.1, -0.05) is 25.1 Å². The zero-order valence-electron chi connectivity index (χ0n) is 9.01. The van der Waals surface area contributed by atoms with Crippen LogP contribution in [0.3, 0.4) is 0 Å². The molecule has 0 aromatic heterocycles. The van der Waals surface area contributed by atoms with E-state index in [2.05, 4.69) is 5.09 Å². The minimum absolute atomic E-state index is 0.153. The van der Waals surface area contributed by atoms with Gasteiger partial charge in [0.1, 0.15) is 12.0 Å². The summed E-state index contributed by atoms with van der Waals surface area (Å²) in [6.07, 6.45) is 1.77. The van der Waals surface area contributed by atoms with Gasteiger partial charge in [-0.05, 0) is 19.1 Å². The fraction of sp³-hybridized carbons (Fsp3) is 0.364. The Morgan fingerprint density at radius 1 is 1.47 bits per heavy atom. The van der Waals surface area contributed by atoms with Crippen molar-refractivity contribution in [2.75, 3.05) is 6.16 Å². The summed E-state index contributed by atoms with van der Waals surface area (Å²) in [5.41, 5.74) is 0. The predicted octanol–water partition coefficient (Wildman–Crippen LogP) is 2.57. The molecule has 1 N–H and O–H groups in total. The van der Waals surface area contributed by atoms with Crippen molar-refractivity contribution in [3.8, 4) is 5.75 Å². The zero-order chi connectivity index (χ0) is 11.1. The van der Waals surface area contributed by atoms with Crippen molar-refractivity contribution in [2.24, 2.45) is 0 Å². The molecule has 4 heteroatoms. The van der Waals surface area contributed by atoms with Gasteiger partial charge >= 0.3 is 0 Å². The number of hydrogen-bond acceptors (Lipinski definition) is 3. The van der Waals surface area contributed by atoms with Crippen molar-refractivity contribution in [3.63, 3.8) is 0 Å². The van der Waals surface area contributed by atoms with Crippen LogP contribution < -0.4 is 9.61 Å². The molecule has 0 saturated carbocycles. The molecule has 0 amide bonds. The molecule has 0 bridgehead atoms. The molecular formula is C11H16NO2P. The van der Waals surface area contributed by atoms with Crippen LogP contribution in [-0.2, 0) is 4.79 Å². The SMILES string of the molecule is CCP(N[C@@H](C)C=O)Oc1ccccc1. The third kappa shape index (κ3) is 4.41. The number of para-hydroxylation sites is 1. The van der Waals surface area contributed by atoms with Crippen molar-refractivity contribution in [1.82, 2.24) is 5.09 Å². The summed E-state index contributed by atoms with van der Waals surface area (Å²) >= 11 is 0. The van der Waals surface area contributed by atoms with Gasteiger partial charge in [-0.2, -0.15) is 0 Å². The quantitative estimate of drug-likeness (QED) is 0.597. The number of nitrogens with one attached hydrogen (secondary N) is 1. The molecule has 2 atom stereocenters. The summed E-state index contributed by atoms with van der Waals surface area (Å²) in [6, 6.07) is 9.49. The highest BCUT2D eigenvalue weighted by Crippen LogP contribution is 2.33. The largest absolute Gasteiger partial charge is 0.458 e. The third-order valence-electron chi connectivity index (χ3n) is 1.80. The van der Waals surface area contributed by atoms with E-state index in [-0.39, 0.29) is 6.04 Å². The molecule has 0 aliphatic heterocycles. The Bertz CT molecular complexity index is 292. The minimum Gasteiger partial charge on any atom is -0.458 e. The summed E-state index contributed by atoms with van der Waals surface area (Å²) < 4.78 is 5.73. The van der Waals surface area contributed by atoms with Gasteiger partial charge in [-0.15, -0.1) is 0 Å². The van der Waals surface area contributed by atoms with Crippen molar-refractivity contribution in [2.45, 2.75) is 19.9 Å². The van der Waals surface area contributed by atoms with E-state index in [1.165, 1.54) is 0 Å². The summed E-state index contributed by atoms with van der Waals surface area (Å²) in [7, 11) is -0.761. The Morgan fingerprint density at radius 3 is 2.67 bits per heavy atom. The van der Waals surface area contributed by atoms with Crippen LogP contribution in [0.4, 0.5) is 0 Å². The van der Waals surface area contributed by atoms with E-state index in [1.807, 2.05) is 44.2 Å². The molecule has 0 saturated heterocycles. The van der Waals surface area contributed by atoms with E-state index >= 15 is 0 Å². The standard InChI is InChI=1S/C11H16NO2P/c1-3-15(12-10(2)9-13)14-11-7-5-4-6-8-11/h4-10,12H,3H2,1-2H3/t10-,15?/m0/s1. The smallest absolute Gasteiger partial charge is 0.161 e. The van der Waals surface area contributed by atoms with E-state index in [0.717, 1.165) is 18.2 Å². The van der Waals surface area contributed by atoms with E-state index in [0.29, 0.717) is 0 Å². The molecule has 0 aliphatic rings. The second kappa shape index (κ2) is 6.54. The molecule has 0 radical (unpaired) electrons. The topological polar surface area (TPSA) is 38.3 Å². The number of rotatable bonds is 6. The van der Waals surface area contributed by atoms with E-state index in [4.69, 9.17) is 4.52 Å². The molecule has 0 heterocycles. The molecular weight excluding hydrogens is 209 g/mol. The van der Waals surface area contributed by atoms with E-state index < -0.39 is 8.30 Å². The lowest BCUT2D eigenvalue weighted by Gasteiger charge is -2.19. The second-order valence-electron chi connectivity index (χ2n) is 3.15. The first-order valence-corrected chi connectivity index (χ1v) is 6.42. The molecule has 3 nitrogen and oxygen atoms in total. The first kappa shape index (κ1) is 12.2. The number of carbonyl (C=O) groups is 1. The van der Waals surface area contributed by atoms with Crippen LogP contribution in [0.5, 0.6) is 5.75 Å². The van der Waals surface area contributed by atoms with Crippen LogP contribution in [0.15, 0.2) is 30.3 Å². The van der Waals surface area contributed by atoms with Crippen molar-refractivity contribution in [3.05, 3.63) is 30.3 Å². The Balaban J connectivity index is 2.50. The average Bonchev–Trinajstić information content (AvgIpc) is 2.29. The van der Waals surface area contributed by atoms with Gasteiger partial charge in [0.15, 0.2) is 8.30 Å². The van der Waals surface area contributed by atoms with Gasteiger partial charge in [0.2, 0.25) is 0 Å². The Morgan fingerprint density at radius 2 is 2.13 bits per heavy atom. The first-order chi connectivity index (χ1) is 7.26. The lowest BCUT2D eigenvalue weighted by Crippen LogP contribution is -2.24. The van der Waals surface area contributed by atoms with Crippen LogP contribution in [-0.4, -0.2) is 18.5 Å². The van der Waals surface area contributed by atoms with Crippen LogP contribution >= 0.6 is 8.30 Å². The molecule has 1 aromatic carbocycles. The molecule has 0 spiro atoms. The molecule has 1 aromatic rings. The summed E-state index contributed by atoms with van der Waals surface area (Å²) in [5.74, 6) is 0.844. The molecule has 0 fully saturated rings. The maximum atomic E-state index is 10.5. The van der Waals surface area contributed by atoms with Gasteiger partial charge in [0.05, 0.1) is 6.04 Å². The Labute approximate surface area is 91.7 Å². The van der Waals surface area contributed by atoms with Gasteiger partial charge in [0.25, 0.3) is 0 Å². The maximum Gasteiger partial charge on any atom is 0.161 e. The molecule has 0 aliphatic carbocycles. The van der Waals surface area contributed by atoms with Crippen LogP contribution in [0, 0.1) is 0 Å². The van der Waals surface area contributed by atoms with Crippen molar-refractivity contribution in [1.29, 1.82) is 0 Å². The fourth-order valence-corrected chi connectivity index (χ4v) is 2.30. The summed E-state index contributed by atoms with van der Waals surface area (Å²) in [6.45, 7) is 3.87. The third-order valence-corrected chi connectivity index (χ3v) is 3.50. The van der Waals surface area contributed by atoms with Gasteiger partial charge < -0.3 is 9.32 Å². The number of aldehydes is 1. The minimum atomic E-state index is -0.761. The maximum absolute atomic E-state index is 10.5. The summed E-state index contributed by atoms with van der Waals surface area (Å²) in [4.78, 5) is 10.5. The molecule has 82 valence electrons. The van der Waals surface area contributed by atoms with Gasteiger partial charge in [-0.25, -0.2) is 0 Å². The average molecular weight is 225 g/mol. The molecule has 1 unspecified atom stereocenters. The Kier molecular flexibility index (Phi) is 5.30. The van der Waals surface area contributed by atoms with Gasteiger partial charge in [0, 0.05) is 6.16 Å². The fourth-order valence-electron chi connectivity index (χ4n) is 1.05. The number of benzene rings is 1. The Hall–Kier alpha value is -0.920. The highest BCUT2D eigenvalue weighted by molar-refractivity contribution is 7.50. The first-order valence-electron chi connectivity index (χ1n) is 4.98. The van der Waals surface area contributed by atoms with E-state index in [9.17, 15) is 4.79 Å². The normalized spacial score (nSPS) is 14.3. The van der Waals surface area contributed by atoms with Gasteiger partial charge in [-0.3, -0.25) is 5.09 Å². The second-order valence-corrected chi connectivity index (χ2v) is 4.98. The number of carbonyl (C=O) groups excluding carboxylic acids is 1. The zero-order valence-corrected chi connectivity index (χ0v) is 9.91. The predicted molar refractivity (Wildman–Crippen MR) is 63.2 cm³/mol. The highest BCUT2D eigenvalue weighted by Gasteiger charge is 2.11. The lowest BCUT2D eigenvalue weighted by atomic mass is 10.3. The van der Waals surface area contributed by atoms with E-state index in [1.54, 1.807) is 0 Å². The lowest BCUT2D eigenvalue weighted by molar-refractivity contribution is -0.108. The van der Waals surface area contributed by atoms with Crippen molar-refractivity contribution < 1.29 is 9.32 Å². The monoisotopic (exact) mass is 225 g/mol.